The monoisotopic (exact) mass is 267 g/mol. The van der Waals surface area contributed by atoms with Crippen LogP contribution in [-0.2, 0) is 0 Å². The number of nitrogens with zero attached hydrogens (tertiary/aromatic N) is 4. The van der Waals surface area contributed by atoms with Gasteiger partial charge < -0.3 is 15.0 Å². The lowest BCUT2D eigenvalue weighted by atomic mass is 10.2. The van der Waals surface area contributed by atoms with Crippen LogP contribution in [0.4, 0.5) is 11.9 Å². The summed E-state index contributed by atoms with van der Waals surface area (Å²) in [7, 11) is 1.98. The van der Waals surface area contributed by atoms with Crippen molar-refractivity contribution in [3.63, 3.8) is 0 Å². The van der Waals surface area contributed by atoms with E-state index in [9.17, 15) is 0 Å². The van der Waals surface area contributed by atoms with Crippen molar-refractivity contribution in [2.24, 2.45) is 5.92 Å². The van der Waals surface area contributed by atoms with E-state index in [4.69, 9.17) is 4.74 Å². The zero-order valence-electron chi connectivity index (χ0n) is 12.8. The van der Waals surface area contributed by atoms with E-state index >= 15 is 0 Å². The molecule has 1 heterocycles. The molecule has 1 rings (SSSR count). The van der Waals surface area contributed by atoms with Gasteiger partial charge in [0.1, 0.15) is 0 Å². The van der Waals surface area contributed by atoms with Gasteiger partial charge in [-0.2, -0.15) is 15.0 Å². The summed E-state index contributed by atoms with van der Waals surface area (Å²) >= 11 is 0. The van der Waals surface area contributed by atoms with Crippen LogP contribution in [0.25, 0.3) is 0 Å². The summed E-state index contributed by atoms with van der Waals surface area (Å²) in [4.78, 5) is 15.0. The molecule has 0 atom stereocenters. The molecule has 1 aromatic rings. The minimum atomic E-state index is 0.0418. The Labute approximate surface area is 115 Å². The van der Waals surface area contributed by atoms with Gasteiger partial charge in [0.25, 0.3) is 0 Å². The Hall–Kier alpha value is -1.59. The molecule has 0 aromatic carbocycles. The molecule has 0 aliphatic rings. The lowest BCUT2D eigenvalue weighted by Crippen LogP contribution is -2.25. The number of anilines is 2. The second-order valence-electron chi connectivity index (χ2n) is 5.21. The summed E-state index contributed by atoms with van der Waals surface area (Å²) in [6, 6.07) is 0.367. The van der Waals surface area contributed by atoms with E-state index in [-0.39, 0.29) is 6.10 Å². The van der Waals surface area contributed by atoms with Gasteiger partial charge in [-0.3, -0.25) is 0 Å². The Balaban J connectivity index is 2.97. The number of hydrogen-bond acceptors (Lipinski definition) is 6. The predicted molar refractivity (Wildman–Crippen MR) is 77.9 cm³/mol. The van der Waals surface area contributed by atoms with Crippen molar-refractivity contribution >= 4 is 11.9 Å². The zero-order chi connectivity index (χ0) is 14.4. The number of ether oxygens (including phenoxy) is 1. The van der Waals surface area contributed by atoms with Gasteiger partial charge in [0.15, 0.2) is 0 Å². The third-order valence-corrected chi connectivity index (χ3v) is 2.26. The topological polar surface area (TPSA) is 63.2 Å². The molecule has 0 radical (unpaired) electrons. The van der Waals surface area contributed by atoms with Crippen LogP contribution in [0.3, 0.4) is 0 Å². The first kappa shape index (κ1) is 15.5. The van der Waals surface area contributed by atoms with E-state index in [1.54, 1.807) is 0 Å². The van der Waals surface area contributed by atoms with E-state index in [1.165, 1.54) is 0 Å². The first-order chi connectivity index (χ1) is 8.92. The minimum absolute atomic E-state index is 0.0418. The molecule has 0 unspecified atom stereocenters. The highest BCUT2D eigenvalue weighted by molar-refractivity contribution is 5.37. The van der Waals surface area contributed by atoms with Crippen molar-refractivity contribution in [1.82, 2.24) is 15.0 Å². The van der Waals surface area contributed by atoms with Crippen molar-refractivity contribution in [3.05, 3.63) is 0 Å². The Morgan fingerprint density at radius 2 is 1.84 bits per heavy atom. The third kappa shape index (κ3) is 5.28. The highest BCUT2D eigenvalue weighted by Crippen LogP contribution is 2.15. The van der Waals surface area contributed by atoms with Crippen molar-refractivity contribution in [3.8, 4) is 6.01 Å². The molecule has 19 heavy (non-hydrogen) atoms. The number of aromatic nitrogens is 3. The van der Waals surface area contributed by atoms with Gasteiger partial charge >= 0.3 is 6.01 Å². The lowest BCUT2D eigenvalue weighted by Gasteiger charge is -2.20. The van der Waals surface area contributed by atoms with Gasteiger partial charge in [-0.1, -0.05) is 13.8 Å². The molecular formula is C13H25N5O. The molecule has 6 nitrogen and oxygen atoms in total. The van der Waals surface area contributed by atoms with Gasteiger partial charge in [0.2, 0.25) is 11.9 Å². The first-order valence-corrected chi connectivity index (χ1v) is 6.80. The molecule has 0 saturated heterocycles. The second kappa shape index (κ2) is 7.11. The Morgan fingerprint density at radius 1 is 1.16 bits per heavy atom. The standard InChI is InChI=1S/C13H25N5O/c1-7-14-11-15-12(18(6)8-9(2)3)17-13(16-11)19-10(4)5/h9-10H,7-8H2,1-6H3,(H,14,15,16,17). The fourth-order valence-electron chi connectivity index (χ4n) is 1.65. The van der Waals surface area contributed by atoms with Crippen molar-refractivity contribution in [1.29, 1.82) is 0 Å². The van der Waals surface area contributed by atoms with E-state index in [0.717, 1.165) is 13.1 Å². The van der Waals surface area contributed by atoms with Crippen LogP contribution >= 0.6 is 0 Å². The summed E-state index contributed by atoms with van der Waals surface area (Å²) in [6.07, 6.45) is 0.0418. The SMILES string of the molecule is CCNc1nc(OC(C)C)nc(N(C)CC(C)C)n1. The molecule has 1 aromatic heterocycles. The number of rotatable bonds is 7. The molecule has 0 fully saturated rings. The summed E-state index contributed by atoms with van der Waals surface area (Å²) in [5.74, 6) is 1.73. The predicted octanol–water partition coefficient (Wildman–Crippen LogP) is 2.18. The molecule has 6 heteroatoms. The maximum atomic E-state index is 5.57. The highest BCUT2D eigenvalue weighted by atomic mass is 16.5. The largest absolute Gasteiger partial charge is 0.461 e. The number of hydrogen-bond donors (Lipinski definition) is 1. The fraction of sp³-hybridized carbons (Fsp3) is 0.769. The van der Waals surface area contributed by atoms with E-state index < -0.39 is 0 Å². The van der Waals surface area contributed by atoms with Crippen LogP contribution < -0.4 is 15.0 Å². The van der Waals surface area contributed by atoms with Gasteiger partial charge in [0.05, 0.1) is 6.10 Å². The van der Waals surface area contributed by atoms with Crippen molar-refractivity contribution in [2.75, 3.05) is 30.4 Å². The Kier molecular flexibility index (Phi) is 5.79. The Morgan fingerprint density at radius 3 is 2.37 bits per heavy atom. The lowest BCUT2D eigenvalue weighted by molar-refractivity contribution is 0.222. The van der Waals surface area contributed by atoms with Crippen LogP contribution in [0.5, 0.6) is 6.01 Å². The second-order valence-corrected chi connectivity index (χ2v) is 5.21. The maximum absolute atomic E-state index is 5.57. The summed E-state index contributed by atoms with van der Waals surface area (Å²) in [5, 5.41) is 3.10. The average Bonchev–Trinajstić information content (AvgIpc) is 2.27. The van der Waals surface area contributed by atoms with Gasteiger partial charge in [-0.15, -0.1) is 0 Å². The molecule has 0 aliphatic carbocycles. The van der Waals surface area contributed by atoms with E-state index in [0.29, 0.717) is 23.8 Å². The Bertz CT molecular complexity index is 395. The summed E-state index contributed by atoms with van der Waals surface area (Å²) in [5.41, 5.74) is 0. The van der Waals surface area contributed by atoms with Crippen molar-refractivity contribution in [2.45, 2.75) is 40.7 Å². The third-order valence-electron chi connectivity index (χ3n) is 2.26. The smallest absolute Gasteiger partial charge is 0.323 e. The molecule has 108 valence electrons. The average molecular weight is 267 g/mol. The van der Waals surface area contributed by atoms with Gasteiger partial charge in [-0.25, -0.2) is 0 Å². The fourth-order valence-corrected chi connectivity index (χ4v) is 1.65. The minimum Gasteiger partial charge on any atom is -0.461 e. The summed E-state index contributed by atoms with van der Waals surface area (Å²) < 4.78 is 5.57. The van der Waals surface area contributed by atoms with Crippen molar-refractivity contribution < 1.29 is 4.74 Å². The molecule has 0 saturated carbocycles. The van der Waals surface area contributed by atoms with Crippen LogP contribution in [0.15, 0.2) is 0 Å². The zero-order valence-corrected chi connectivity index (χ0v) is 12.8. The van der Waals surface area contributed by atoms with Gasteiger partial charge in [0, 0.05) is 20.1 Å². The first-order valence-electron chi connectivity index (χ1n) is 6.80. The quantitative estimate of drug-likeness (QED) is 0.817. The highest BCUT2D eigenvalue weighted by Gasteiger charge is 2.12. The maximum Gasteiger partial charge on any atom is 0.323 e. The van der Waals surface area contributed by atoms with Crippen LogP contribution in [0.1, 0.15) is 34.6 Å². The van der Waals surface area contributed by atoms with Crippen LogP contribution in [0, 0.1) is 5.92 Å². The van der Waals surface area contributed by atoms with Gasteiger partial charge in [-0.05, 0) is 26.7 Å². The van der Waals surface area contributed by atoms with Crippen LogP contribution in [0.2, 0.25) is 0 Å². The molecule has 1 N–H and O–H groups in total. The normalized spacial score (nSPS) is 10.9. The number of nitrogens with one attached hydrogen (secondary N) is 1. The van der Waals surface area contributed by atoms with E-state index in [2.05, 4.69) is 34.1 Å². The molecule has 0 amide bonds. The van der Waals surface area contributed by atoms with Crippen LogP contribution in [-0.4, -0.2) is 41.2 Å². The molecule has 0 aliphatic heterocycles. The molecule has 0 bridgehead atoms. The molecule has 0 spiro atoms. The van der Waals surface area contributed by atoms with E-state index in [1.807, 2.05) is 32.7 Å². The molecular weight excluding hydrogens is 242 g/mol. The summed E-state index contributed by atoms with van der Waals surface area (Å²) in [6.45, 7) is 11.9.